The van der Waals surface area contributed by atoms with Crippen molar-refractivity contribution < 1.29 is 9.18 Å². The average molecular weight is 412 g/mol. The van der Waals surface area contributed by atoms with E-state index < -0.39 is 11.7 Å². The van der Waals surface area contributed by atoms with Crippen molar-refractivity contribution in [1.29, 1.82) is 0 Å². The van der Waals surface area contributed by atoms with Gasteiger partial charge in [-0.05, 0) is 36.4 Å². The van der Waals surface area contributed by atoms with E-state index in [4.69, 9.17) is 0 Å². The number of para-hydroxylation sites is 2. The molecule has 0 atom stereocenters. The molecule has 1 amide bonds. The summed E-state index contributed by atoms with van der Waals surface area (Å²) in [5.41, 5.74) is 1.41. The minimum absolute atomic E-state index is 0.249. The van der Waals surface area contributed by atoms with Crippen LogP contribution in [-0.4, -0.2) is 30.0 Å². The van der Waals surface area contributed by atoms with Crippen LogP contribution in [-0.2, 0) is 0 Å². The normalized spacial score (nSPS) is 10.9. The summed E-state index contributed by atoms with van der Waals surface area (Å²) in [5, 5.41) is 11.5. The maximum absolute atomic E-state index is 14.4. The number of nitrogens with zero attached hydrogens (tertiary/aromatic N) is 5. The average Bonchev–Trinajstić information content (AvgIpc) is 3.55. The molecule has 0 fully saturated rings. The van der Waals surface area contributed by atoms with Gasteiger partial charge in [0.1, 0.15) is 17.1 Å². The van der Waals surface area contributed by atoms with Crippen LogP contribution in [0.25, 0.3) is 17.2 Å². The first-order valence-electron chi connectivity index (χ1n) is 9.59. The van der Waals surface area contributed by atoms with Gasteiger partial charge in [-0.3, -0.25) is 4.79 Å². The monoisotopic (exact) mass is 412 g/mol. The lowest BCUT2D eigenvalue weighted by atomic mass is 10.2. The van der Waals surface area contributed by atoms with E-state index >= 15 is 0 Å². The summed E-state index contributed by atoms with van der Waals surface area (Å²) in [4.78, 5) is 13.1. The number of nitrogens with one attached hydrogen (secondary N) is 1. The molecule has 0 bridgehead atoms. The number of hydrogen-bond donors (Lipinski definition) is 1. The molecule has 0 spiro atoms. The summed E-state index contributed by atoms with van der Waals surface area (Å²) in [7, 11) is 0. The van der Waals surface area contributed by atoms with Crippen molar-refractivity contribution in [3.8, 4) is 17.2 Å². The second kappa shape index (κ2) is 7.75. The van der Waals surface area contributed by atoms with Gasteiger partial charge in [0.2, 0.25) is 0 Å². The third-order valence-corrected chi connectivity index (χ3v) is 4.77. The van der Waals surface area contributed by atoms with Gasteiger partial charge in [-0.1, -0.05) is 30.3 Å². The second-order valence-electron chi connectivity index (χ2n) is 6.77. The quantitative estimate of drug-likeness (QED) is 0.469. The highest BCUT2D eigenvalue weighted by Gasteiger charge is 2.22. The zero-order chi connectivity index (χ0) is 21.2. The van der Waals surface area contributed by atoms with E-state index in [9.17, 15) is 9.18 Å². The van der Waals surface area contributed by atoms with Gasteiger partial charge in [-0.15, -0.1) is 0 Å². The summed E-state index contributed by atoms with van der Waals surface area (Å²) < 4.78 is 19.2. The lowest BCUT2D eigenvalue weighted by molar-refractivity contribution is 0.102. The number of halogens is 1. The molecule has 0 aliphatic rings. The predicted molar refractivity (Wildman–Crippen MR) is 114 cm³/mol. The van der Waals surface area contributed by atoms with Gasteiger partial charge in [-0.25, -0.2) is 13.8 Å². The number of rotatable bonds is 5. The third-order valence-electron chi connectivity index (χ3n) is 4.77. The van der Waals surface area contributed by atoms with Crippen molar-refractivity contribution >= 4 is 11.7 Å². The van der Waals surface area contributed by atoms with Crippen molar-refractivity contribution in [3.05, 3.63) is 109 Å². The third kappa shape index (κ3) is 3.51. The minimum atomic E-state index is -0.437. The van der Waals surface area contributed by atoms with Crippen LogP contribution in [0.2, 0.25) is 0 Å². The Morgan fingerprint density at radius 1 is 0.871 bits per heavy atom. The van der Waals surface area contributed by atoms with E-state index in [0.29, 0.717) is 11.6 Å². The van der Waals surface area contributed by atoms with E-state index in [1.54, 1.807) is 52.1 Å². The zero-order valence-corrected chi connectivity index (χ0v) is 16.3. The molecule has 0 aliphatic carbocycles. The van der Waals surface area contributed by atoms with E-state index in [1.165, 1.54) is 16.9 Å². The summed E-state index contributed by atoms with van der Waals surface area (Å²) in [6, 6.07) is 21.2. The van der Waals surface area contributed by atoms with Crippen LogP contribution in [0.3, 0.4) is 0 Å². The number of aromatic nitrogens is 5. The van der Waals surface area contributed by atoms with Crippen LogP contribution in [0.5, 0.6) is 0 Å². The van der Waals surface area contributed by atoms with Gasteiger partial charge in [-0.2, -0.15) is 10.2 Å². The first-order chi connectivity index (χ1) is 15.2. The van der Waals surface area contributed by atoms with Gasteiger partial charge < -0.3 is 9.88 Å². The molecule has 5 aromatic rings. The Labute approximate surface area is 177 Å². The molecule has 0 saturated carbocycles. The van der Waals surface area contributed by atoms with Gasteiger partial charge in [0.25, 0.3) is 5.91 Å². The molecule has 8 heteroatoms. The Hall–Kier alpha value is -4.46. The summed E-state index contributed by atoms with van der Waals surface area (Å²) >= 11 is 0. The second-order valence-corrected chi connectivity index (χ2v) is 6.77. The van der Waals surface area contributed by atoms with Crippen LogP contribution in [0, 0.1) is 5.82 Å². The molecule has 31 heavy (non-hydrogen) atoms. The maximum atomic E-state index is 14.4. The Morgan fingerprint density at radius 2 is 1.61 bits per heavy atom. The van der Waals surface area contributed by atoms with Crippen molar-refractivity contribution in [2.75, 3.05) is 5.32 Å². The maximum Gasteiger partial charge on any atom is 0.262 e. The van der Waals surface area contributed by atoms with Crippen LogP contribution < -0.4 is 5.32 Å². The first kappa shape index (κ1) is 18.6. The Kier molecular flexibility index (Phi) is 4.64. The summed E-state index contributed by atoms with van der Waals surface area (Å²) in [5.74, 6) is -0.0155. The summed E-state index contributed by atoms with van der Waals surface area (Å²) in [6.07, 6.45) is 6.73. The van der Waals surface area contributed by atoms with Crippen molar-refractivity contribution in [2.45, 2.75) is 0 Å². The number of amides is 1. The Balaban J connectivity index is 1.50. The lowest BCUT2D eigenvalue weighted by Crippen LogP contribution is -2.16. The summed E-state index contributed by atoms with van der Waals surface area (Å²) in [6.45, 7) is 0. The molecule has 1 N–H and O–H groups in total. The van der Waals surface area contributed by atoms with Gasteiger partial charge in [0, 0.05) is 24.7 Å². The number of carbonyl (C=O) groups excluding carboxylic acids is 1. The van der Waals surface area contributed by atoms with Crippen molar-refractivity contribution in [3.63, 3.8) is 0 Å². The molecule has 2 aromatic carbocycles. The zero-order valence-electron chi connectivity index (χ0n) is 16.3. The SMILES string of the molecule is O=C(Nc1ccn(-c2ccccc2)n1)c1cnn(-c2ccccc2F)c1-n1cccc1. The fourth-order valence-electron chi connectivity index (χ4n) is 3.32. The molecule has 0 aliphatic heterocycles. The fourth-order valence-corrected chi connectivity index (χ4v) is 3.32. The molecule has 0 unspecified atom stereocenters. The number of benzene rings is 2. The predicted octanol–water partition coefficient (Wildman–Crippen LogP) is 4.24. The lowest BCUT2D eigenvalue weighted by Gasteiger charge is -2.11. The van der Waals surface area contributed by atoms with E-state index in [1.807, 2.05) is 42.5 Å². The number of hydrogen-bond acceptors (Lipinski definition) is 3. The minimum Gasteiger partial charge on any atom is -0.308 e. The molecule has 5 rings (SSSR count). The molecule has 3 aromatic heterocycles. The highest BCUT2D eigenvalue weighted by Crippen LogP contribution is 2.22. The van der Waals surface area contributed by atoms with Crippen molar-refractivity contribution in [2.24, 2.45) is 0 Å². The largest absolute Gasteiger partial charge is 0.308 e. The molecule has 0 saturated heterocycles. The van der Waals surface area contributed by atoms with Gasteiger partial charge in [0.05, 0.1) is 11.9 Å². The molecular weight excluding hydrogens is 395 g/mol. The highest BCUT2D eigenvalue weighted by atomic mass is 19.1. The Bertz CT molecular complexity index is 1340. The van der Waals surface area contributed by atoms with E-state index in [2.05, 4.69) is 15.5 Å². The van der Waals surface area contributed by atoms with Gasteiger partial charge in [0.15, 0.2) is 11.6 Å². The molecule has 7 nitrogen and oxygen atoms in total. The van der Waals surface area contributed by atoms with Crippen LogP contribution in [0.4, 0.5) is 10.2 Å². The molecule has 0 radical (unpaired) electrons. The number of carbonyl (C=O) groups is 1. The first-order valence-corrected chi connectivity index (χ1v) is 9.59. The molecule has 152 valence electrons. The molecular formula is C23H17FN6O. The fraction of sp³-hybridized carbons (Fsp3) is 0. The van der Waals surface area contributed by atoms with Crippen LogP contribution in [0.15, 0.2) is 97.6 Å². The van der Waals surface area contributed by atoms with Gasteiger partial charge >= 0.3 is 0 Å². The Morgan fingerprint density at radius 3 is 2.39 bits per heavy atom. The topological polar surface area (TPSA) is 69.7 Å². The standard InChI is InChI=1S/C23H17FN6O/c24-19-10-4-5-11-20(19)30-23(28-13-6-7-14-28)18(16-25-30)22(31)26-21-12-15-29(27-21)17-8-2-1-3-9-17/h1-16H,(H,26,27,31). The smallest absolute Gasteiger partial charge is 0.262 e. The van der Waals surface area contributed by atoms with E-state index in [0.717, 1.165) is 5.69 Å². The number of anilines is 1. The van der Waals surface area contributed by atoms with Crippen LogP contribution >= 0.6 is 0 Å². The molecule has 3 heterocycles. The van der Waals surface area contributed by atoms with Crippen LogP contribution in [0.1, 0.15) is 10.4 Å². The van der Waals surface area contributed by atoms with Crippen molar-refractivity contribution in [1.82, 2.24) is 24.1 Å². The van der Waals surface area contributed by atoms with E-state index in [-0.39, 0.29) is 11.3 Å². The highest BCUT2D eigenvalue weighted by molar-refractivity contribution is 6.06.